The monoisotopic (exact) mass is 1000 g/mol. The van der Waals surface area contributed by atoms with Crippen LogP contribution < -0.4 is 0 Å². The van der Waals surface area contributed by atoms with Crippen molar-refractivity contribution in [3.05, 3.63) is 152 Å². The van der Waals surface area contributed by atoms with Crippen LogP contribution in [0, 0.1) is 0 Å². The molecular weight excluding hydrogens is 932 g/mol. The van der Waals surface area contributed by atoms with Crippen molar-refractivity contribution >= 4 is 37.6 Å². The van der Waals surface area contributed by atoms with Gasteiger partial charge in [0.15, 0.2) is 5.78 Å². The van der Waals surface area contributed by atoms with Crippen LogP contribution in [0.5, 0.6) is 0 Å². The van der Waals surface area contributed by atoms with Crippen molar-refractivity contribution in [1.29, 1.82) is 0 Å². The van der Waals surface area contributed by atoms with Gasteiger partial charge in [0, 0.05) is 30.9 Å². The van der Waals surface area contributed by atoms with Crippen molar-refractivity contribution in [1.82, 2.24) is 0 Å². The van der Waals surface area contributed by atoms with Crippen LogP contribution in [0.15, 0.2) is 118 Å². The summed E-state index contributed by atoms with van der Waals surface area (Å²) in [5, 5.41) is 0. The molecule has 0 spiro atoms. The maximum Gasteiger partial charge on any atom is 0.194 e. The molecule has 0 fully saturated rings. The number of carbonyl (C=O) groups excluding carboxylic acids is 1. The highest BCUT2D eigenvalue weighted by molar-refractivity contribution is 9.10. The van der Waals surface area contributed by atoms with Gasteiger partial charge >= 0.3 is 0 Å². The second-order valence-electron chi connectivity index (χ2n) is 20.2. The highest BCUT2D eigenvalue weighted by Gasteiger charge is 2.44. The second-order valence-corrected chi connectivity index (χ2v) is 22.0. The third-order valence-electron chi connectivity index (χ3n) is 16.0. The maximum absolute atomic E-state index is 14.7. The van der Waals surface area contributed by atoms with E-state index < -0.39 is 0 Å². The van der Waals surface area contributed by atoms with Gasteiger partial charge in [0.25, 0.3) is 0 Å². The predicted octanol–water partition coefficient (Wildman–Crippen LogP) is 20.2. The van der Waals surface area contributed by atoms with Crippen LogP contribution in [0.2, 0.25) is 0 Å². The van der Waals surface area contributed by atoms with Crippen molar-refractivity contribution in [2.24, 2.45) is 0 Å². The van der Waals surface area contributed by atoms with Crippen LogP contribution in [0.25, 0.3) is 55.6 Å². The molecule has 0 N–H and O–H groups in total. The number of carbonyl (C=O) groups is 1. The van der Waals surface area contributed by atoms with E-state index >= 15 is 0 Å². The molecule has 0 heterocycles. The summed E-state index contributed by atoms with van der Waals surface area (Å²) >= 11 is 7.76. The number of rotatable bonds is 22. The molecule has 0 saturated carbocycles. The minimum Gasteiger partial charge on any atom is -0.289 e. The van der Waals surface area contributed by atoms with Crippen LogP contribution in [0.4, 0.5) is 0 Å². The Morgan fingerprint density at radius 3 is 0.939 bits per heavy atom. The molecule has 9 rings (SSSR count). The third kappa shape index (κ3) is 8.79. The minimum absolute atomic E-state index is 0.00785. The van der Waals surface area contributed by atoms with E-state index in [9.17, 15) is 4.79 Å². The molecule has 1 nitrogen and oxygen atoms in total. The van der Waals surface area contributed by atoms with Crippen molar-refractivity contribution in [2.45, 2.75) is 167 Å². The lowest BCUT2D eigenvalue weighted by molar-refractivity contribution is 0.104. The van der Waals surface area contributed by atoms with Crippen LogP contribution >= 0.6 is 31.9 Å². The van der Waals surface area contributed by atoms with Crippen molar-refractivity contribution < 1.29 is 4.79 Å². The van der Waals surface area contributed by atoms with Gasteiger partial charge in [0.05, 0.1) is 0 Å². The molecule has 0 saturated heterocycles. The fourth-order valence-electron chi connectivity index (χ4n) is 12.5. The second kappa shape index (κ2) is 20.7. The standard InChI is InChI=1S/C63H70Br2O/c1-5-9-13-17-33-62(34-18-14-10-6-2)57-39-45(23-29-51(57)53-31-25-47(64)41-59(53)62)43-21-27-49-50-28-22-44(38-56(50)61(66)55(49)37-43)46-24-30-52-54-32-26-48(65)42-60(54)63(58(52)40-46,35-19-15-11-7-3)36-20-16-12-8-4/h21-32,37-42H,5-20,33-36H2,1-4H3. The van der Waals surface area contributed by atoms with Gasteiger partial charge in [-0.1, -0.05) is 223 Å². The number of halogens is 2. The fraction of sp³-hybridized carbons (Fsp3) is 0.413. The Morgan fingerprint density at radius 1 is 0.318 bits per heavy atom. The van der Waals surface area contributed by atoms with Crippen molar-refractivity contribution in [2.75, 3.05) is 0 Å². The third-order valence-corrected chi connectivity index (χ3v) is 16.9. The predicted molar refractivity (Wildman–Crippen MR) is 289 cm³/mol. The van der Waals surface area contributed by atoms with E-state index in [1.807, 2.05) is 0 Å². The van der Waals surface area contributed by atoms with Crippen LogP contribution in [-0.4, -0.2) is 5.78 Å². The Morgan fingerprint density at radius 2 is 0.606 bits per heavy atom. The molecule has 3 aliphatic carbocycles. The number of unbranched alkanes of at least 4 members (excludes halogenated alkanes) is 12. The quantitative estimate of drug-likeness (QED) is 0.0619. The molecule has 0 aromatic heterocycles. The molecule has 3 heteroatoms. The molecule has 0 aliphatic heterocycles. The van der Waals surface area contributed by atoms with Gasteiger partial charge in [0.2, 0.25) is 0 Å². The Kier molecular flexibility index (Phi) is 14.7. The molecule has 0 amide bonds. The van der Waals surface area contributed by atoms with Gasteiger partial charge < -0.3 is 0 Å². The van der Waals surface area contributed by atoms with E-state index in [0.29, 0.717) is 0 Å². The number of hydrogen-bond acceptors (Lipinski definition) is 1. The summed E-state index contributed by atoms with van der Waals surface area (Å²) in [4.78, 5) is 14.7. The summed E-state index contributed by atoms with van der Waals surface area (Å²) < 4.78 is 2.33. The summed E-state index contributed by atoms with van der Waals surface area (Å²) in [6.07, 6.45) is 24.9. The topological polar surface area (TPSA) is 17.1 Å². The van der Waals surface area contributed by atoms with E-state index in [-0.39, 0.29) is 16.6 Å². The first-order chi connectivity index (χ1) is 32.3. The smallest absolute Gasteiger partial charge is 0.194 e. The van der Waals surface area contributed by atoms with Gasteiger partial charge in [-0.15, -0.1) is 0 Å². The lowest BCUT2D eigenvalue weighted by Crippen LogP contribution is -2.25. The SMILES string of the molecule is CCCCCCC1(CCCCCC)c2cc(Br)ccc2-c2ccc(-c3ccc4c(c3)C(=O)c3cc(-c5ccc6c(c5)C(CCCCCC)(CCCCCC)c5cc(Br)ccc5-6)ccc3-4)cc21. The number of fused-ring (bicyclic) bond motifs is 9. The average Bonchev–Trinajstić information content (AvgIpc) is 3.88. The molecular formula is C63H70Br2O. The zero-order valence-electron chi connectivity index (χ0n) is 40.2. The lowest BCUT2D eigenvalue weighted by atomic mass is 9.70. The van der Waals surface area contributed by atoms with Crippen molar-refractivity contribution in [3.8, 4) is 55.6 Å². The van der Waals surface area contributed by atoms with Crippen LogP contribution in [0.1, 0.15) is 194 Å². The summed E-state index contributed by atoms with van der Waals surface area (Å²) in [5.74, 6) is 0.142. The van der Waals surface area contributed by atoms with Crippen molar-refractivity contribution in [3.63, 3.8) is 0 Å². The number of benzene rings is 6. The Hall–Kier alpha value is -4.05. The van der Waals surface area contributed by atoms with E-state index in [2.05, 4.69) is 169 Å². The largest absolute Gasteiger partial charge is 0.289 e. The minimum atomic E-state index is -0.00785. The highest BCUT2D eigenvalue weighted by Crippen LogP contribution is 2.57. The zero-order chi connectivity index (χ0) is 45.8. The molecule has 0 atom stereocenters. The summed E-state index contributed by atoms with van der Waals surface area (Å²) in [5.41, 5.74) is 19.9. The molecule has 6 aromatic carbocycles. The zero-order valence-corrected chi connectivity index (χ0v) is 43.4. The van der Waals surface area contributed by atoms with Gasteiger partial charge in [0.1, 0.15) is 0 Å². The number of ketones is 1. The summed E-state index contributed by atoms with van der Waals surface area (Å²) in [6.45, 7) is 9.24. The van der Waals surface area contributed by atoms with Gasteiger partial charge in [-0.2, -0.15) is 0 Å². The molecule has 0 unspecified atom stereocenters. The molecule has 342 valence electrons. The molecule has 6 aromatic rings. The molecule has 0 radical (unpaired) electrons. The first kappa shape index (κ1) is 47.0. The normalized spacial score (nSPS) is 14.5. The first-order valence-electron chi connectivity index (χ1n) is 26.0. The Labute approximate surface area is 413 Å². The highest BCUT2D eigenvalue weighted by atomic mass is 79.9. The Balaban J connectivity index is 1.05. The summed E-state index contributed by atoms with van der Waals surface area (Å²) in [6, 6.07) is 41.7. The van der Waals surface area contributed by atoms with E-state index in [4.69, 9.17) is 0 Å². The molecule has 0 bridgehead atoms. The van der Waals surface area contributed by atoms with Gasteiger partial charge in [-0.3, -0.25) is 4.79 Å². The first-order valence-corrected chi connectivity index (χ1v) is 27.6. The van der Waals surface area contributed by atoms with Crippen LogP contribution in [0.3, 0.4) is 0 Å². The molecule has 3 aliphatic rings. The fourth-order valence-corrected chi connectivity index (χ4v) is 13.2. The average molecular weight is 1000 g/mol. The van der Waals surface area contributed by atoms with E-state index in [1.54, 1.807) is 0 Å². The van der Waals surface area contributed by atoms with Gasteiger partial charge in [-0.25, -0.2) is 0 Å². The van der Waals surface area contributed by atoms with E-state index in [1.165, 1.54) is 193 Å². The Bertz CT molecular complexity index is 2510. The van der Waals surface area contributed by atoms with Gasteiger partial charge in [-0.05, 0) is 152 Å². The number of hydrogen-bond donors (Lipinski definition) is 0. The van der Waals surface area contributed by atoms with E-state index in [0.717, 1.165) is 33.4 Å². The maximum atomic E-state index is 14.7. The lowest BCUT2D eigenvalue weighted by Gasteiger charge is -2.33. The van der Waals surface area contributed by atoms with Crippen LogP contribution in [-0.2, 0) is 10.8 Å². The molecule has 66 heavy (non-hydrogen) atoms. The summed E-state index contributed by atoms with van der Waals surface area (Å²) in [7, 11) is 0.